The van der Waals surface area contributed by atoms with Crippen molar-refractivity contribution in [2.45, 2.75) is 62.2 Å². The van der Waals surface area contributed by atoms with Gasteiger partial charge in [0.05, 0.1) is 11.9 Å². The number of aromatic nitrogens is 8. The topological polar surface area (TPSA) is 135 Å². The fourth-order valence-corrected chi connectivity index (χ4v) is 6.13. The third-order valence-corrected chi connectivity index (χ3v) is 8.71. The number of nitrogens with two attached hydrogens (primary N) is 1. The van der Waals surface area contributed by atoms with Gasteiger partial charge in [0.2, 0.25) is 12.7 Å². The normalized spacial score (nSPS) is 16.1. The molecule has 0 amide bonds. The summed E-state index contributed by atoms with van der Waals surface area (Å²) >= 11 is 5.06. The molecule has 1 fully saturated rings. The van der Waals surface area contributed by atoms with Crippen LogP contribution in [0.15, 0.2) is 33.0 Å². The standard InChI is InChI=1S/C24H29BrN10O2S/c1-24(2,3)35-23(30-31-32-35)33-7-4-14(5-8-33)6-9-34-12-27-20(26)19-21(34)29-22(28-19)38-18-11-17-16(10-15(18)25)36-13-37-17/h10-12,14H,4-9,13,26H2,1-3H3. The number of hydrogen-bond acceptors (Lipinski definition) is 11. The van der Waals surface area contributed by atoms with Crippen molar-refractivity contribution in [1.82, 2.24) is 39.7 Å². The van der Waals surface area contributed by atoms with E-state index >= 15 is 0 Å². The number of ether oxygens (including phenoxy) is 2. The maximum atomic E-state index is 6.17. The van der Waals surface area contributed by atoms with E-state index in [0.717, 1.165) is 65.8 Å². The molecule has 12 nitrogen and oxygen atoms in total. The van der Waals surface area contributed by atoms with E-state index in [1.165, 1.54) is 11.8 Å². The molecule has 1 saturated heterocycles. The first kappa shape index (κ1) is 25.2. The minimum Gasteiger partial charge on any atom is -0.454 e. The SMILES string of the molecule is CC(C)(C)n1nnnc1N1CCC(CCn2cnc(N)c3nc(Sc4cc5c(cc4Br)OCO5)nc2-3)CC1. The van der Waals surface area contributed by atoms with Crippen LogP contribution in [0.5, 0.6) is 11.5 Å². The second-order valence-corrected chi connectivity index (χ2v) is 12.4. The fourth-order valence-electron chi connectivity index (χ4n) is 4.78. The Morgan fingerprint density at radius 2 is 1.89 bits per heavy atom. The molecule has 2 N–H and O–H groups in total. The highest BCUT2D eigenvalue weighted by Gasteiger charge is 2.28. The van der Waals surface area contributed by atoms with Crippen molar-refractivity contribution in [3.63, 3.8) is 0 Å². The Labute approximate surface area is 232 Å². The number of hydrogen-bond donors (Lipinski definition) is 1. The van der Waals surface area contributed by atoms with Crippen LogP contribution in [0.2, 0.25) is 0 Å². The third kappa shape index (κ3) is 4.86. The molecule has 0 unspecified atom stereocenters. The summed E-state index contributed by atoms with van der Waals surface area (Å²) in [4.78, 5) is 17.1. The van der Waals surface area contributed by atoms with E-state index in [-0.39, 0.29) is 12.3 Å². The molecular weight excluding hydrogens is 572 g/mol. The first-order valence-corrected chi connectivity index (χ1v) is 14.2. The number of aryl methyl sites for hydroxylation is 1. The monoisotopic (exact) mass is 600 g/mol. The van der Waals surface area contributed by atoms with Crippen LogP contribution in [-0.4, -0.2) is 59.6 Å². The Balaban J connectivity index is 1.12. The highest BCUT2D eigenvalue weighted by molar-refractivity contribution is 9.10. The molecule has 0 radical (unpaired) electrons. The Bertz CT molecular complexity index is 1430. The van der Waals surface area contributed by atoms with E-state index in [0.29, 0.717) is 28.3 Å². The van der Waals surface area contributed by atoms with Gasteiger partial charge >= 0.3 is 0 Å². The molecule has 6 rings (SSSR count). The summed E-state index contributed by atoms with van der Waals surface area (Å²) in [6, 6.07) is 3.83. The van der Waals surface area contributed by atoms with Crippen molar-refractivity contribution < 1.29 is 9.47 Å². The molecule has 1 aromatic heterocycles. The van der Waals surface area contributed by atoms with Crippen LogP contribution in [-0.2, 0) is 12.1 Å². The summed E-state index contributed by atoms with van der Waals surface area (Å²) in [5.74, 6) is 4.00. The summed E-state index contributed by atoms with van der Waals surface area (Å²) in [6.45, 7) is 9.23. The molecule has 4 aliphatic rings. The van der Waals surface area contributed by atoms with E-state index in [4.69, 9.17) is 20.2 Å². The number of benzene rings is 1. The average Bonchev–Trinajstić information content (AvgIpc) is 3.64. The number of anilines is 2. The predicted octanol–water partition coefficient (Wildman–Crippen LogP) is 4.05. The molecule has 14 heteroatoms. The van der Waals surface area contributed by atoms with Crippen molar-refractivity contribution in [3.8, 4) is 23.0 Å². The van der Waals surface area contributed by atoms with Gasteiger partial charge in [-0.3, -0.25) is 0 Å². The third-order valence-electron chi connectivity index (χ3n) is 6.86. The number of imidazole rings is 1. The van der Waals surface area contributed by atoms with Gasteiger partial charge in [0, 0.05) is 29.0 Å². The summed E-state index contributed by atoms with van der Waals surface area (Å²) in [5, 5.41) is 13.0. The molecule has 0 atom stereocenters. The molecule has 1 aromatic carbocycles. The quantitative estimate of drug-likeness (QED) is 0.343. The number of halogens is 1. The maximum Gasteiger partial charge on any atom is 0.246 e. The predicted molar refractivity (Wildman–Crippen MR) is 146 cm³/mol. The summed E-state index contributed by atoms with van der Waals surface area (Å²) in [5.41, 5.74) is 6.64. The fraction of sp³-hybridized carbons (Fsp3) is 0.500. The molecule has 2 aromatic rings. The molecule has 200 valence electrons. The highest BCUT2D eigenvalue weighted by atomic mass is 79.9. The van der Waals surface area contributed by atoms with Crippen molar-refractivity contribution in [2.24, 2.45) is 5.92 Å². The Morgan fingerprint density at radius 3 is 2.66 bits per heavy atom. The smallest absolute Gasteiger partial charge is 0.246 e. The van der Waals surface area contributed by atoms with Crippen LogP contribution in [0.1, 0.15) is 40.0 Å². The minimum absolute atomic E-state index is 0.156. The Hall–Kier alpha value is -3.13. The van der Waals surface area contributed by atoms with Crippen LogP contribution in [0.3, 0.4) is 0 Å². The van der Waals surface area contributed by atoms with Crippen LogP contribution in [0, 0.1) is 5.92 Å². The molecular formula is C24H29BrN10O2S. The summed E-state index contributed by atoms with van der Waals surface area (Å²) in [7, 11) is 0. The van der Waals surface area contributed by atoms with E-state index in [1.807, 2.05) is 16.8 Å². The van der Waals surface area contributed by atoms with Gasteiger partial charge in [-0.1, -0.05) is 5.10 Å². The number of fused-ring (bicyclic) bond motifs is 2. The van der Waals surface area contributed by atoms with Crippen molar-refractivity contribution >= 4 is 39.5 Å². The first-order valence-electron chi connectivity index (χ1n) is 12.6. The zero-order chi connectivity index (χ0) is 26.4. The zero-order valence-electron chi connectivity index (χ0n) is 21.5. The lowest BCUT2D eigenvalue weighted by molar-refractivity contribution is 0.174. The van der Waals surface area contributed by atoms with Gasteiger partial charge in [0.1, 0.15) is 0 Å². The van der Waals surface area contributed by atoms with Crippen molar-refractivity contribution in [1.29, 1.82) is 0 Å². The van der Waals surface area contributed by atoms with E-state index < -0.39 is 0 Å². The van der Waals surface area contributed by atoms with Crippen LogP contribution >= 0.6 is 27.7 Å². The second-order valence-electron chi connectivity index (χ2n) is 10.5. The van der Waals surface area contributed by atoms with E-state index in [9.17, 15) is 0 Å². The van der Waals surface area contributed by atoms with Crippen molar-refractivity contribution in [3.05, 3.63) is 22.9 Å². The summed E-state index contributed by atoms with van der Waals surface area (Å²) < 4.78 is 15.8. The lowest BCUT2D eigenvalue weighted by Crippen LogP contribution is -2.38. The van der Waals surface area contributed by atoms with Crippen molar-refractivity contribution in [2.75, 3.05) is 30.5 Å². The molecule has 38 heavy (non-hydrogen) atoms. The van der Waals surface area contributed by atoms with Gasteiger partial charge in [0.25, 0.3) is 0 Å². The average molecular weight is 602 g/mol. The first-order chi connectivity index (χ1) is 18.3. The Morgan fingerprint density at radius 1 is 1.13 bits per heavy atom. The largest absolute Gasteiger partial charge is 0.454 e. The molecule has 4 aliphatic heterocycles. The van der Waals surface area contributed by atoms with E-state index in [1.54, 1.807) is 6.33 Å². The van der Waals surface area contributed by atoms with Gasteiger partial charge in [-0.2, -0.15) is 0 Å². The van der Waals surface area contributed by atoms with Crippen LogP contribution < -0.4 is 20.1 Å². The van der Waals surface area contributed by atoms with Crippen LogP contribution in [0.4, 0.5) is 11.8 Å². The van der Waals surface area contributed by atoms with E-state index in [2.05, 4.69) is 71.7 Å². The minimum atomic E-state index is -0.156. The van der Waals surface area contributed by atoms with Gasteiger partial charge in [-0.05, 0) is 96.2 Å². The summed E-state index contributed by atoms with van der Waals surface area (Å²) in [6.07, 6.45) is 4.94. The molecule has 0 spiro atoms. The Kier molecular flexibility index (Phi) is 6.54. The number of rotatable bonds is 6. The highest BCUT2D eigenvalue weighted by Crippen LogP contribution is 2.43. The van der Waals surface area contributed by atoms with Gasteiger partial charge in [-0.25, -0.2) is 19.6 Å². The molecule has 0 aliphatic carbocycles. The number of tetrazole rings is 1. The molecule has 0 saturated carbocycles. The molecule has 5 heterocycles. The lowest BCUT2D eigenvalue weighted by Gasteiger charge is -2.34. The number of nitrogen functional groups attached to an aromatic ring is 1. The van der Waals surface area contributed by atoms with Crippen LogP contribution in [0.25, 0.3) is 11.5 Å². The van der Waals surface area contributed by atoms with Gasteiger partial charge in [0.15, 0.2) is 34.0 Å². The molecule has 0 bridgehead atoms. The van der Waals surface area contributed by atoms with Gasteiger partial charge in [-0.15, -0.1) is 0 Å². The number of piperidine rings is 1. The van der Waals surface area contributed by atoms with Gasteiger partial charge < -0.3 is 24.7 Å². The lowest BCUT2D eigenvalue weighted by atomic mass is 9.93. The zero-order valence-corrected chi connectivity index (χ0v) is 23.9. The maximum absolute atomic E-state index is 6.17. The second kappa shape index (κ2) is 9.88. The number of nitrogens with zero attached hydrogens (tertiary/aromatic N) is 9.